The first-order valence-electron chi connectivity index (χ1n) is 6.34. The first kappa shape index (κ1) is 15.7. The molecular weight excluding hydrogens is 264 g/mol. The maximum atomic E-state index is 11.6. The van der Waals surface area contributed by atoms with Crippen LogP contribution in [0.15, 0.2) is 16.5 Å². The fourth-order valence-corrected chi connectivity index (χ4v) is 1.40. The van der Waals surface area contributed by atoms with Crippen LogP contribution in [-0.2, 0) is 4.79 Å². The number of amides is 2. The highest BCUT2D eigenvalue weighted by Gasteiger charge is 2.14. The van der Waals surface area contributed by atoms with E-state index in [1.807, 2.05) is 13.8 Å². The number of furan rings is 1. The van der Waals surface area contributed by atoms with Crippen molar-refractivity contribution in [3.63, 3.8) is 0 Å². The lowest BCUT2D eigenvalue weighted by Gasteiger charge is -2.11. The molecule has 0 radical (unpaired) electrons. The molecule has 0 saturated carbocycles. The fraction of sp³-hybridized carbons (Fsp3) is 0.462. The number of hydrogen-bond donors (Lipinski definition) is 3. The molecule has 0 aliphatic heterocycles. The lowest BCUT2D eigenvalue weighted by Crippen LogP contribution is -2.35. The second kappa shape index (κ2) is 7.32. The summed E-state index contributed by atoms with van der Waals surface area (Å²) in [5.74, 6) is -2.33. The number of carboxylic acids is 1. The van der Waals surface area contributed by atoms with Gasteiger partial charge in [0.15, 0.2) is 5.76 Å². The second-order valence-electron chi connectivity index (χ2n) is 4.35. The van der Waals surface area contributed by atoms with Crippen molar-refractivity contribution in [2.24, 2.45) is 0 Å². The Morgan fingerprint density at radius 2 is 1.95 bits per heavy atom. The monoisotopic (exact) mass is 282 g/mol. The fourth-order valence-electron chi connectivity index (χ4n) is 1.40. The second-order valence-corrected chi connectivity index (χ2v) is 4.35. The van der Waals surface area contributed by atoms with Crippen LogP contribution in [0.5, 0.6) is 0 Å². The summed E-state index contributed by atoms with van der Waals surface area (Å²) < 4.78 is 4.83. The average molecular weight is 282 g/mol. The highest BCUT2D eigenvalue weighted by Crippen LogP contribution is 2.07. The highest BCUT2D eigenvalue weighted by atomic mass is 16.4. The van der Waals surface area contributed by atoms with Crippen LogP contribution in [0.2, 0.25) is 0 Å². The van der Waals surface area contributed by atoms with E-state index in [9.17, 15) is 14.4 Å². The van der Waals surface area contributed by atoms with E-state index in [0.29, 0.717) is 0 Å². The minimum absolute atomic E-state index is 0.0928. The summed E-state index contributed by atoms with van der Waals surface area (Å²) in [4.78, 5) is 33.7. The Kier molecular flexibility index (Phi) is 5.76. The van der Waals surface area contributed by atoms with E-state index in [1.54, 1.807) is 0 Å². The summed E-state index contributed by atoms with van der Waals surface area (Å²) in [6.07, 6.45) is 0.991. The molecule has 1 rings (SSSR count). The van der Waals surface area contributed by atoms with Crippen LogP contribution >= 0.6 is 0 Å². The van der Waals surface area contributed by atoms with E-state index >= 15 is 0 Å². The summed E-state index contributed by atoms with van der Waals surface area (Å²) >= 11 is 0. The topological polar surface area (TPSA) is 109 Å². The van der Waals surface area contributed by atoms with E-state index in [-0.39, 0.29) is 36.4 Å². The van der Waals surface area contributed by atoms with Gasteiger partial charge in [-0.2, -0.15) is 0 Å². The summed E-state index contributed by atoms with van der Waals surface area (Å²) in [7, 11) is 0. The van der Waals surface area contributed by atoms with Gasteiger partial charge in [-0.25, -0.2) is 4.79 Å². The number of hydrogen-bond acceptors (Lipinski definition) is 4. The molecular formula is C13H18N2O5. The van der Waals surface area contributed by atoms with Gasteiger partial charge in [0.25, 0.3) is 5.91 Å². The van der Waals surface area contributed by atoms with Gasteiger partial charge >= 0.3 is 5.97 Å². The van der Waals surface area contributed by atoms with Crippen molar-refractivity contribution in [3.8, 4) is 0 Å². The number of carbonyl (C=O) groups excluding carboxylic acids is 2. The van der Waals surface area contributed by atoms with E-state index in [2.05, 4.69) is 10.6 Å². The molecule has 1 atom stereocenters. The minimum Gasteiger partial charge on any atom is -0.475 e. The van der Waals surface area contributed by atoms with Crippen LogP contribution < -0.4 is 10.6 Å². The molecule has 0 aliphatic carbocycles. The standard InChI is InChI=1S/C13H18N2O5/c1-3-8(2)15-11(16)6-7-14-12(17)9-4-5-10(20-9)13(18)19/h4-5,8H,3,6-7H2,1-2H3,(H,14,17)(H,15,16)(H,18,19). The van der Waals surface area contributed by atoms with Gasteiger partial charge in [0, 0.05) is 19.0 Å². The molecule has 0 aliphatic rings. The zero-order valence-electron chi connectivity index (χ0n) is 11.4. The number of carbonyl (C=O) groups is 3. The molecule has 1 aromatic heterocycles. The van der Waals surface area contributed by atoms with Crippen molar-refractivity contribution in [2.75, 3.05) is 6.54 Å². The average Bonchev–Trinajstić information content (AvgIpc) is 2.88. The van der Waals surface area contributed by atoms with Crippen molar-refractivity contribution in [1.29, 1.82) is 0 Å². The van der Waals surface area contributed by atoms with Gasteiger partial charge in [-0.05, 0) is 25.5 Å². The third-order valence-corrected chi connectivity index (χ3v) is 2.70. The molecule has 0 fully saturated rings. The SMILES string of the molecule is CCC(C)NC(=O)CCNC(=O)c1ccc(C(=O)O)o1. The van der Waals surface area contributed by atoms with Crippen LogP contribution in [0.25, 0.3) is 0 Å². The zero-order chi connectivity index (χ0) is 15.1. The van der Waals surface area contributed by atoms with Crippen molar-refractivity contribution in [1.82, 2.24) is 10.6 Å². The maximum absolute atomic E-state index is 11.6. The molecule has 0 saturated heterocycles. The lowest BCUT2D eigenvalue weighted by atomic mass is 10.2. The van der Waals surface area contributed by atoms with Crippen LogP contribution in [0.3, 0.4) is 0 Å². The number of aromatic carboxylic acids is 1. The molecule has 1 aromatic rings. The van der Waals surface area contributed by atoms with Gasteiger partial charge in [0.05, 0.1) is 0 Å². The summed E-state index contributed by atoms with van der Waals surface area (Å²) in [5.41, 5.74) is 0. The Labute approximate surface area is 116 Å². The van der Waals surface area contributed by atoms with Gasteiger partial charge in [-0.15, -0.1) is 0 Å². The first-order valence-corrected chi connectivity index (χ1v) is 6.34. The predicted molar refractivity (Wildman–Crippen MR) is 70.5 cm³/mol. The molecule has 20 heavy (non-hydrogen) atoms. The van der Waals surface area contributed by atoms with Gasteiger partial charge in [0.1, 0.15) is 0 Å². The Bertz CT molecular complexity index is 495. The Hall–Kier alpha value is -2.31. The zero-order valence-corrected chi connectivity index (χ0v) is 11.4. The highest BCUT2D eigenvalue weighted by molar-refractivity contribution is 5.93. The van der Waals surface area contributed by atoms with E-state index in [4.69, 9.17) is 9.52 Å². The molecule has 0 bridgehead atoms. The molecule has 3 N–H and O–H groups in total. The molecule has 1 heterocycles. The summed E-state index contributed by atoms with van der Waals surface area (Å²) in [6.45, 7) is 4.01. The van der Waals surface area contributed by atoms with Crippen LogP contribution in [-0.4, -0.2) is 35.5 Å². The Morgan fingerprint density at radius 1 is 1.30 bits per heavy atom. The summed E-state index contributed by atoms with van der Waals surface area (Å²) in [6, 6.07) is 2.58. The lowest BCUT2D eigenvalue weighted by molar-refractivity contribution is -0.121. The van der Waals surface area contributed by atoms with E-state index < -0.39 is 11.9 Å². The Morgan fingerprint density at radius 3 is 2.50 bits per heavy atom. The molecule has 7 nitrogen and oxygen atoms in total. The number of nitrogens with one attached hydrogen (secondary N) is 2. The maximum Gasteiger partial charge on any atom is 0.371 e. The molecule has 0 aromatic carbocycles. The molecule has 1 unspecified atom stereocenters. The van der Waals surface area contributed by atoms with E-state index in [1.165, 1.54) is 12.1 Å². The molecule has 7 heteroatoms. The van der Waals surface area contributed by atoms with Crippen molar-refractivity contribution in [3.05, 3.63) is 23.7 Å². The minimum atomic E-state index is -1.24. The van der Waals surface area contributed by atoms with Gasteiger partial charge < -0.3 is 20.2 Å². The number of rotatable bonds is 7. The normalized spacial score (nSPS) is 11.7. The first-order chi connectivity index (χ1) is 9.43. The van der Waals surface area contributed by atoms with Gasteiger partial charge in [0.2, 0.25) is 11.7 Å². The van der Waals surface area contributed by atoms with Crippen molar-refractivity contribution in [2.45, 2.75) is 32.7 Å². The third-order valence-electron chi connectivity index (χ3n) is 2.70. The quantitative estimate of drug-likeness (QED) is 0.691. The molecule has 2 amide bonds. The van der Waals surface area contributed by atoms with Gasteiger partial charge in [-0.3, -0.25) is 9.59 Å². The number of carboxylic acid groups (broad SMARTS) is 1. The van der Waals surface area contributed by atoms with Crippen molar-refractivity contribution < 1.29 is 23.9 Å². The predicted octanol–water partition coefficient (Wildman–Crippen LogP) is 1.01. The van der Waals surface area contributed by atoms with Crippen LogP contribution in [0.1, 0.15) is 47.8 Å². The molecule has 110 valence electrons. The summed E-state index contributed by atoms with van der Waals surface area (Å²) in [5, 5.41) is 13.9. The third kappa shape index (κ3) is 4.75. The van der Waals surface area contributed by atoms with Crippen molar-refractivity contribution >= 4 is 17.8 Å². The molecule has 0 spiro atoms. The largest absolute Gasteiger partial charge is 0.475 e. The smallest absolute Gasteiger partial charge is 0.371 e. The Balaban J connectivity index is 2.36. The van der Waals surface area contributed by atoms with Crippen LogP contribution in [0, 0.1) is 0 Å². The van der Waals surface area contributed by atoms with Crippen LogP contribution in [0.4, 0.5) is 0 Å². The van der Waals surface area contributed by atoms with E-state index in [0.717, 1.165) is 6.42 Å². The van der Waals surface area contributed by atoms with Gasteiger partial charge in [-0.1, -0.05) is 6.92 Å².